The fraction of sp³-hybridized carbons (Fsp3) is 0.353. The lowest BCUT2D eigenvalue weighted by molar-refractivity contribution is 0.102. The van der Waals surface area contributed by atoms with Crippen molar-refractivity contribution >= 4 is 11.6 Å². The number of rotatable bonds is 4. The second kappa shape index (κ2) is 5.37. The molecule has 0 unspecified atom stereocenters. The van der Waals surface area contributed by atoms with Gasteiger partial charge in [-0.3, -0.25) is 4.79 Å². The fourth-order valence-electron chi connectivity index (χ4n) is 2.65. The van der Waals surface area contributed by atoms with E-state index in [1.807, 2.05) is 44.3 Å². The van der Waals surface area contributed by atoms with Crippen LogP contribution in [0.1, 0.15) is 46.1 Å². The smallest absolute Gasteiger partial charge is 0.257 e. The topological polar surface area (TPSA) is 60.1 Å². The Balaban J connectivity index is 1.79. The van der Waals surface area contributed by atoms with Crippen molar-refractivity contribution < 1.29 is 4.79 Å². The zero-order chi connectivity index (χ0) is 15.0. The predicted octanol–water partition coefficient (Wildman–Crippen LogP) is 2.92. The molecule has 3 N–H and O–H groups in total. The highest BCUT2D eigenvalue weighted by Crippen LogP contribution is 2.41. The van der Waals surface area contributed by atoms with Crippen LogP contribution in [0.15, 0.2) is 30.3 Å². The summed E-state index contributed by atoms with van der Waals surface area (Å²) in [7, 11) is 2.04. The van der Waals surface area contributed by atoms with Gasteiger partial charge in [0.25, 0.3) is 5.91 Å². The van der Waals surface area contributed by atoms with Crippen LogP contribution >= 0.6 is 0 Å². The summed E-state index contributed by atoms with van der Waals surface area (Å²) >= 11 is 0. The Bertz CT molecular complexity index is 666. The Hall–Kier alpha value is -2.07. The maximum Gasteiger partial charge on any atom is 0.257 e. The van der Waals surface area contributed by atoms with E-state index in [0.717, 1.165) is 22.5 Å². The summed E-state index contributed by atoms with van der Waals surface area (Å²) in [5, 5.41) is 2.96. The summed E-state index contributed by atoms with van der Waals surface area (Å²) in [4.78, 5) is 12.4. The molecule has 1 aromatic carbocycles. The average Bonchev–Trinajstić information content (AvgIpc) is 3.28. The molecule has 1 fully saturated rings. The van der Waals surface area contributed by atoms with E-state index in [-0.39, 0.29) is 5.91 Å². The van der Waals surface area contributed by atoms with E-state index in [1.54, 1.807) is 0 Å². The largest absolute Gasteiger partial charge is 0.351 e. The van der Waals surface area contributed by atoms with Crippen molar-refractivity contribution in [2.75, 3.05) is 5.32 Å². The highest BCUT2D eigenvalue weighted by atomic mass is 16.1. The molecule has 3 rings (SSSR count). The standard InChI is InChI=1S/C17H21N3O/c1-11-15(9-16(20(11)2)13-5-6-13)17(21)19-14-7-3-12(10-18)4-8-14/h3-4,7-9,13H,5-6,10,18H2,1-2H3,(H,19,21). The van der Waals surface area contributed by atoms with Crippen LogP contribution in [0.4, 0.5) is 5.69 Å². The minimum absolute atomic E-state index is 0.0458. The molecule has 1 saturated carbocycles. The van der Waals surface area contributed by atoms with Gasteiger partial charge in [-0.15, -0.1) is 0 Å². The lowest BCUT2D eigenvalue weighted by Crippen LogP contribution is -2.13. The van der Waals surface area contributed by atoms with Crippen LogP contribution in [0.2, 0.25) is 0 Å². The van der Waals surface area contributed by atoms with Crippen LogP contribution < -0.4 is 11.1 Å². The van der Waals surface area contributed by atoms with Gasteiger partial charge < -0.3 is 15.6 Å². The molecule has 0 radical (unpaired) electrons. The molecule has 1 aliphatic rings. The highest BCUT2D eigenvalue weighted by Gasteiger charge is 2.28. The third-order valence-corrected chi connectivity index (χ3v) is 4.26. The van der Waals surface area contributed by atoms with Gasteiger partial charge in [0.1, 0.15) is 0 Å². The Morgan fingerprint density at radius 2 is 2.00 bits per heavy atom. The first-order valence-electron chi connectivity index (χ1n) is 7.36. The number of nitrogens with two attached hydrogens (primary N) is 1. The minimum atomic E-state index is -0.0458. The zero-order valence-corrected chi connectivity index (χ0v) is 12.5. The van der Waals surface area contributed by atoms with Crippen molar-refractivity contribution in [3.05, 3.63) is 52.8 Å². The molecule has 4 nitrogen and oxygen atoms in total. The van der Waals surface area contributed by atoms with Crippen molar-refractivity contribution in [2.45, 2.75) is 32.2 Å². The third-order valence-electron chi connectivity index (χ3n) is 4.26. The summed E-state index contributed by atoms with van der Waals surface area (Å²) < 4.78 is 2.14. The van der Waals surface area contributed by atoms with Crippen LogP contribution in [0.3, 0.4) is 0 Å². The number of hydrogen-bond donors (Lipinski definition) is 2. The van der Waals surface area contributed by atoms with E-state index in [2.05, 4.69) is 9.88 Å². The van der Waals surface area contributed by atoms with Gasteiger partial charge in [-0.2, -0.15) is 0 Å². The van der Waals surface area contributed by atoms with Crippen LogP contribution in [0.25, 0.3) is 0 Å². The van der Waals surface area contributed by atoms with Crippen molar-refractivity contribution in [1.29, 1.82) is 0 Å². The van der Waals surface area contributed by atoms with Gasteiger partial charge in [-0.05, 0) is 49.4 Å². The second-order valence-corrected chi connectivity index (χ2v) is 5.76. The Morgan fingerprint density at radius 1 is 1.33 bits per heavy atom. The van der Waals surface area contributed by atoms with Crippen LogP contribution in [-0.2, 0) is 13.6 Å². The van der Waals surface area contributed by atoms with Gasteiger partial charge in [0.15, 0.2) is 0 Å². The van der Waals surface area contributed by atoms with E-state index in [0.29, 0.717) is 12.5 Å². The monoisotopic (exact) mass is 283 g/mol. The number of nitrogens with zero attached hydrogens (tertiary/aromatic N) is 1. The summed E-state index contributed by atoms with van der Waals surface area (Å²) in [5.41, 5.74) is 10.5. The molecule has 0 bridgehead atoms. The van der Waals surface area contributed by atoms with Crippen LogP contribution in [0, 0.1) is 6.92 Å². The highest BCUT2D eigenvalue weighted by molar-refractivity contribution is 6.05. The molecule has 0 aliphatic heterocycles. The van der Waals surface area contributed by atoms with Gasteiger partial charge in [-0.25, -0.2) is 0 Å². The molecule has 1 amide bonds. The lowest BCUT2D eigenvalue weighted by Gasteiger charge is -2.06. The summed E-state index contributed by atoms with van der Waals surface area (Å²) in [6.45, 7) is 2.51. The first-order valence-corrected chi connectivity index (χ1v) is 7.36. The Kier molecular flexibility index (Phi) is 3.55. The predicted molar refractivity (Wildman–Crippen MR) is 84.4 cm³/mol. The first-order chi connectivity index (χ1) is 10.1. The minimum Gasteiger partial charge on any atom is -0.351 e. The number of carbonyl (C=O) groups excluding carboxylic acids is 1. The maximum atomic E-state index is 12.4. The van der Waals surface area contributed by atoms with Crippen molar-refractivity contribution in [3.63, 3.8) is 0 Å². The molecule has 1 heterocycles. The van der Waals surface area contributed by atoms with Gasteiger partial charge >= 0.3 is 0 Å². The summed E-state index contributed by atoms with van der Waals surface area (Å²) in [6, 6.07) is 9.68. The number of nitrogens with one attached hydrogen (secondary N) is 1. The maximum absolute atomic E-state index is 12.4. The van der Waals surface area contributed by atoms with Gasteiger partial charge in [0, 0.05) is 30.7 Å². The second-order valence-electron chi connectivity index (χ2n) is 5.76. The van der Waals surface area contributed by atoms with Gasteiger partial charge in [0.2, 0.25) is 0 Å². The molecule has 4 heteroatoms. The van der Waals surface area contributed by atoms with Crippen molar-refractivity contribution in [3.8, 4) is 0 Å². The molecular formula is C17H21N3O. The Labute approximate surface area is 125 Å². The molecule has 1 aromatic heterocycles. The number of aromatic nitrogens is 1. The van der Waals surface area contributed by atoms with Crippen molar-refractivity contribution in [2.24, 2.45) is 12.8 Å². The molecule has 1 aliphatic carbocycles. The molecule has 0 saturated heterocycles. The third kappa shape index (κ3) is 2.72. The molecule has 0 spiro atoms. The van der Waals surface area contributed by atoms with E-state index >= 15 is 0 Å². The van der Waals surface area contributed by atoms with Gasteiger partial charge in [-0.1, -0.05) is 12.1 Å². The molecule has 110 valence electrons. The first kappa shape index (κ1) is 13.9. The summed E-state index contributed by atoms with van der Waals surface area (Å²) in [5.74, 6) is 0.592. The van der Waals surface area contributed by atoms with E-state index in [4.69, 9.17) is 5.73 Å². The molecular weight excluding hydrogens is 262 g/mol. The normalized spacial score (nSPS) is 14.2. The average molecular weight is 283 g/mol. The van der Waals surface area contributed by atoms with Crippen molar-refractivity contribution in [1.82, 2.24) is 4.57 Å². The summed E-state index contributed by atoms with van der Waals surface area (Å²) in [6.07, 6.45) is 2.47. The number of benzene rings is 1. The zero-order valence-electron chi connectivity index (χ0n) is 12.5. The molecule has 21 heavy (non-hydrogen) atoms. The number of amides is 1. The van der Waals surface area contributed by atoms with Crippen LogP contribution in [-0.4, -0.2) is 10.5 Å². The number of carbonyl (C=O) groups is 1. The molecule has 0 atom stereocenters. The molecule has 2 aromatic rings. The van der Waals surface area contributed by atoms with E-state index < -0.39 is 0 Å². The fourth-order valence-corrected chi connectivity index (χ4v) is 2.65. The quantitative estimate of drug-likeness (QED) is 0.906. The number of hydrogen-bond acceptors (Lipinski definition) is 2. The number of anilines is 1. The van der Waals surface area contributed by atoms with Gasteiger partial charge in [0.05, 0.1) is 5.56 Å². The SMILES string of the molecule is Cc1c(C(=O)Nc2ccc(CN)cc2)cc(C2CC2)n1C. The lowest BCUT2D eigenvalue weighted by atomic mass is 10.2. The van der Waals surface area contributed by atoms with E-state index in [1.165, 1.54) is 18.5 Å². The van der Waals surface area contributed by atoms with Crippen LogP contribution in [0.5, 0.6) is 0 Å². The Morgan fingerprint density at radius 3 is 2.57 bits per heavy atom. The van der Waals surface area contributed by atoms with E-state index in [9.17, 15) is 4.79 Å².